The van der Waals surface area contributed by atoms with Gasteiger partial charge in [-0.2, -0.15) is 18.3 Å². The summed E-state index contributed by atoms with van der Waals surface area (Å²) in [5.41, 5.74) is -0.0827. The number of carbonyl (C=O) groups is 1. The monoisotopic (exact) mass is 317 g/mol. The fourth-order valence-electron chi connectivity index (χ4n) is 1.76. The van der Waals surface area contributed by atoms with Crippen LogP contribution in [0.2, 0.25) is 5.02 Å². The van der Waals surface area contributed by atoms with Gasteiger partial charge < -0.3 is 5.32 Å². The van der Waals surface area contributed by atoms with Crippen LogP contribution in [0.5, 0.6) is 0 Å². The minimum Gasteiger partial charge on any atom is -0.339 e. The van der Waals surface area contributed by atoms with Crippen LogP contribution < -0.4 is 5.32 Å². The summed E-state index contributed by atoms with van der Waals surface area (Å²) < 4.78 is 40.5. The molecule has 0 aliphatic heterocycles. The van der Waals surface area contributed by atoms with E-state index in [1.54, 1.807) is 6.07 Å². The van der Waals surface area contributed by atoms with Crippen LogP contribution in [0.4, 0.5) is 13.2 Å². The average molecular weight is 318 g/mol. The molecule has 1 atom stereocenters. The predicted octanol–water partition coefficient (Wildman–Crippen LogP) is 2.96. The molecule has 0 saturated heterocycles. The SMILES string of the molecule is O=C(Cn1cccn1)N[C@@H](c1ccc(Cl)cc1)C(F)(F)F. The van der Waals surface area contributed by atoms with Crippen LogP contribution in [0.3, 0.4) is 0 Å². The smallest absolute Gasteiger partial charge is 0.339 e. The first-order valence-electron chi connectivity index (χ1n) is 5.95. The first-order chi connectivity index (χ1) is 9.86. The molecule has 112 valence electrons. The van der Waals surface area contributed by atoms with Crippen molar-refractivity contribution >= 4 is 17.5 Å². The van der Waals surface area contributed by atoms with Gasteiger partial charge in [-0.25, -0.2) is 0 Å². The minimum absolute atomic E-state index is 0.0827. The second-order valence-electron chi connectivity index (χ2n) is 4.30. The molecule has 1 aromatic heterocycles. The van der Waals surface area contributed by atoms with Crippen molar-refractivity contribution in [2.24, 2.45) is 0 Å². The molecule has 1 amide bonds. The van der Waals surface area contributed by atoms with E-state index in [-0.39, 0.29) is 12.1 Å². The Hall–Kier alpha value is -2.02. The van der Waals surface area contributed by atoms with Crippen LogP contribution in [0.25, 0.3) is 0 Å². The molecule has 2 rings (SSSR count). The zero-order chi connectivity index (χ0) is 15.5. The van der Waals surface area contributed by atoms with E-state index < -0.39 is 18.1 Å². The number of halogens is 4. The van der Waals surface area contributed by atoms with E-state index in [0.29, 0.717) is 5.02 Å². The molecule has 0 aliphatic rings. The van der Waals surface area contributed by atoms with Gasteiger partial charge in [-0.05, 0) is 23.8 Å². The summed E-state index contributed by atoms with van der Waals surface area (Å²) in [5, 5.41) is 6.05. The van der Waals surface area contributed by atoms with Crippen molar-refractivity contribution in [2.75, 3.05) is 0 Å². The van der Waals surface area contributed by atoms with Crippen LogP contribution in [-0.4, -0.2) is 21.9 Å². The Morgan fingerprint density at radius 1 is 1.33 bits per heavy atom. The first kappa shape index (κ1) is 15.4. The Balaban J connectivity index is 2.13. The lowest BCUT2D eigenvalue weighted by molar-refractivity contribution is -0.163. The van der Waals surface area contributed by atoms with E-state index in [2.05, 4.69) is 5.10 Å². The summed E-state index contributed by atoms with van der Waals surface area (Å²) in [6, 6.07) is 4.64. The molecule has 4 nitrogen and oxygen atoms in total. The van der Waals surface area contributed by atoms with Gasteiger partial charge in [0.15, 0.2) is 6.04 Å². The summed E-state index contributed by atoms with van der Waals surface area (Å²) in [5.74, 6) is -0.782. The first-order valence-corrected chi connectivity index (χ1v) is 6.33. The summed E-state index contributed by atoms with van der Waals surface area (Å²) in [4.78, 5) is 11.7. The van der Waals surface area contributed by atoms with Crippen LogP contribution in [0.15, 0.2) is 42.7 Å². The lowest BCUT2D eigenvalue weighted by Gasteiger charge is -2.22. The van der Waals surface area contributed by atoms with Gasteiger partial charge in [-0.3, -0.25) is 9.48 Å². The van der Waals surface area contributed by atoms with Crippen LogP contribution in [-0.2, 0) is 11.3 Å². The fraction of sp³-hybridized carbons (Fsp3) is 0.231. The number of amides is 1. The zero-order valence-corrected chi connectivity index (χ0v) is 11.4. The van der Waals surface area contributed by atoms with Crippen molar-refractivity contribution in [3.63, 3.8) is 0 Å². The number of alkyl halides is 3. The van der Waals surface area contributed by atoms with Gasteiger partial charge in [0.25, 0.3) is 0 Å². The Kier molecular flexibility index (Phi) is 4.52. The number of rotatable bonds is 4. The highest BCUT2D eigenvalue weighted by Gasteiger charge is 2.41. The molecule has 1 N–H and O–H groups in total. The van der Waals surface area contributed by atoms with Gasteiger partial charge in [0.2, 0.25) is 5.91 Å². The zero-order valence-electron chi connectivity index (χ0n) is 10.6. The van der Waals surface area contributed by atoms with E-state index in [4.69, 9.17) is 11.6 Å². The Morgan fingerprint density at radius 2 is 2.00 bits per heavy atom. The van der Waals surface area contributed by atoms with Crippen LogP contribution in [0, 0.1) is 0 Å². The minimum atomic E-state index is -4.60. The molecule has 2 aromatic rings. The van der Waals surface area contributed by atoms with Crippen molar-refractivity contribution in [3.05, 3.63) is 53.3 Å². The van der Waals surface area contributed by atoms with E-state index in [0.717, 1.165) is 0 Å². The van der Waals surface area contributed by atoms with Crippen LogP contribution >= 0.6 is 11.6 Å². The van der Waals surface area contributed by atoms with Gasteiger partial charge in [0.05, 0.1) is 0 Å². The second-order valence-corrected chi connectivity index (χ2v) is 4.73. The molecule has 21 heavy (non-hydrogen) atoms. The standard InChI is InChI=1S/C13H11ClF3N3O/c14-10-4-2-9(3-5-10)12(13(15,16)17)19-11(21)8-20-7-1-6-18-20/h1-7,12H,8H2,(H,19,21)/t12-/m0/s1. The van der Waals surface area contributed by atoms with Crippen LogP contribution in [0.1, 0.15) is 11.6 Å². The maximum Gasteiger partial charge on any atom is 0.412 e. The molecule has 0 bridgehead atoms. The van der Waals surface area contributed by atoms with Crippen molar-refractivity contribution in [2.45, 2.75) is 18.8 Å². The summed E-state index contributed by atoms with van der Waals surface area (Å²) in [6.45, 7) is -0.285. The van der Waals surface area contributed by atoms with Crippen molar-refractivity contribution in [3.8, 4) is 0 Å². The maximum absolute atomic E-state index is 13.1. The van der Waals surface area contributed by atoms with E-state index in [1.165, 1.54) is 41.3 Å². The van der Waals surface area contributed by atoms with Gasteiger partial charge in [0, 0.05) is 17.4 Å². The number of nitrogens with one attached hydrogen (secondary N) is 1. The molecular formula is C13H11ClF3N3O. The third kappa shape index (κ3) is 4.22. The molecule has 1 aromatic carbocycles. The number of nitrogens with zero attached hydrogens (tertiary/aromatic N) is 2. The Bertz CT molecular complexity index is 596. The average Bonchev–Trinajstić information content (AvgIpc) is 2.89. The molecule has 0 unspecified atom stereocenters. The Morgan fingerprint density at radius 3 is 2.52 bits per heavy atom. The topological polar surface area (TPSA) is 46.9 Å². The van der Waals surface area contributed by atoms with Gasteiger partial charge in [-0.15, -0.1) is 0 Å². The number of benzene rings is 1. The highest BCUT2D eigenvalue weighted by Crippen LogP contribution is 2.33. The maximum atomic E-state index is 13.1. The van der Waals surface area contributed by atoms with Crippen molar-refractivity contribution in [1.29, 1.82) is 0 Å². The second kappa shape index (κ2) is 6.17. The number of carbonyl (C=O) groups excluding carboxylic acids is 1. The summed E-state index contributed by atoms with van der Waals surface area (Å²) >= 11 is 5.65. The molecule has 0 spiro atoms. The summed E-state index contributed by atoms with van der Waals surface area (Å²) in [6.07, 6.45) is -1.67. The van der Waals surface area contributed by atoms with Gasteiger partial charge in [-0.1, -0.05) is 23.7 Å². The summed E-state index contributed by atoms with van der Waals surface area (Å²) in [7, 11) is 0. The lowest BCUT2D eigenvalue weighted by Crippen LogP contribution is -2.39. The van der Waals surface area contributed by atoms with E-state index in [1.807, 2.05) is 5.32 Å². The molecule has 0 aliphatic carbocycles. The lowest BCUT2D eigenvalue weighted by atomic mass is 10.1. The van der Waals surface area contributed by atoms with E-state index >= 15 is 0 Å². The largest absolute Gasteiger partial charge is 0.412 e. The normalized spacial score (nSPS) is 13.0. The molecule has 0 fully saturated rings. The van der Waals surface area contributed by atoms with Gasteiger partial charge >= 0.3 is 6.18 Å². The Labute approximate surface area is 123 Å². The van der Waals surface area contributed by atoms with E-state index in [9.17, 15) is 18.0 Å². The molecule has 8 heteroatoms. The predicted molar refractivity (Wildman–Crippen MR) is 70.6 cm³/mol. The molecule has 0 saturated carbocycles. The van der Waals surface area contributed by atoms with Crippen molar-refractivity contribution < 1.29 is 18.0 Å². The molecule has 0 radical (unpaired) electrons. The third-order valence-electron chi connectivity index (χ3n) is 2.70. The van der Waals surface area contributed by atoms with Gasteiger partial charge in [0.1, 0.15) is 6.54 Å². The van der Waals surface area contributed by atoms with Crippen molar-refractivity contribution in [1.82, 2.24) is 15.1 Å². The molecular weight excluding hydrogens is 307 g/mol. The molecule has 1 heterocycles. The highest BCUT2D eigenvalue weighted by molar-refractivity contribution is 6.30. The number of aromatic nitrogens is 2. The third-order valence-corrected chi connectivity index (χ3v) is 2.95. The quantitative estimate of drug-likeness (QED) is 0.942. The fourth-order valence-corrected chi connectivity index (χ4v) is 1.88. The number of hydrogen-bond acceptors (Lipinski definition) is 2. The number of hydrogen-bond donors (Lipinski definition) is 1. The highest BCUT2D eigenvalue weighted by atomic mass is 35.5.